The van der Waals surface area contributed by atoms with E-state index in [9.17, 15) is 4.79 Å². The molecule has 0 spiro atoms. The third kappa shape index (κ3) is 7.17. The van der Waals surface area contributed by atoms with Crippen LogP contribution in [-0.2, 0) is 9.53 Å². The highest BCUT2D eigenvalue weighted by Crippen LogP contribution is 2.06. The molecule has 0 aromatic carbocycles. The maximum atomic E-state index is 10.7. The van der Waals surface area contributed by atoms with Crippen molar-refractivity contribution in [2.45, 2.75) is 13.0 Å². The van der Waals surface area contributed by atoms with Crippen molar-refractivity contribution >= 4 is 17.7 Å². The number of carbonyl (C=O) groups is 1. The highest BCUT2D eigenvalue weighted by molar-refractivity contribution is 7.99. The van der Waals surface area contributed by atoms with E-state index >= 15 is 0 Å². The predicted octanol–water partition coefficient (Wildman–Crippen LogP) is 0.771. The van der Waals surface area contributed by atoms with Crippen LogP contribution >= 0.6 is 11.8 Å². The van der Waals surface area contributed by atoms with E-state index < -0.39 is 12.1 Å². The first-order valence-electron chi connectivity index (χ1n) is 4.64. The van der Waals surface area contributed by atoms with Gasteiger partial charge in [-0.05, 0) is 21.0 Å². The van der Waals surface area contributed by atoms with Crippen molar-refractivity contribution in [1.82, 2.24) is 4.90 Å². The molecule has 0 bridgehead atoms. The Morgan fingerprint density at radius 1 is 1.57 bits per heavy atom. The van der Waals surface area contributed by atoms with Crippen molar-refractivity contribution in [3.05, 3.63) is 0 Å². The van der Waals surface area contributed by atoms with Gasteiger partial charge in [-0.2, -0.15) is 11.8 Å². The van der Waals surface area contributed by atoms with Gasteiger partial charge in [-0.25, -0.2) is 4.79 Å². The maximum absolute atomic E-state index is 10.7. The van der Waals surface area contributed by atoms with Crippen molar-refractivity contribution < 1.29 is 14.6 Å². The van der Waals surface area contributed by atoms with Crippen molar-refractivity contribution in [2.24, 2.45) is 0 Å². The van der Waals surface area contributed by atoms with E-state index in [0.29, 0.717) is 12.4 Å². The lowest BCUT2D eigenvalue weighted by Gasteiger charge is -2.13. The second kappa shape index (κ2) is 8.08. The summed E-state index contributed by atoms with van der Waals surface area (Å²) < 4.78 is 5.08. The zero-order valence-electron chi connectivity index (χ0n) is 9.02. The SMILES string of the molecule is CCOC(CSCCN(C)C)C(=O)O. The van der Waals surface area contributed by atoms with E-state index in [1.54, 1.807) is 18.7 Å². The molecule has 1 unspecified atom stereocenters. The van der Waals surface area contributed by atoms with E-state index in [1.807, 2.05) is 14.1 Å². The molecule has 0 amide bonds. The normalized spacial score (nSPS) is 13.1. The number of nitrogens with zero attached hydrogens (tertiary/aromatic N) is 1. The predicted molar refractivity (Wildman–Crippen MR) is 58.9 cm³/mol. The number of hydrogen-bond acceptors (Lipinski definition) is 4. The highest BCUT2D eigenvalue weighted by atomic mass is 32.2. The van der Waals surface area contributed by atoms with Crippen molar-refractivity contribution in [3.8, 4) is 0 Å². The van der Waals surface area contributed by atoms with Gasteiger partial charge in [0.05, 0.1) is 0 Å². The third-order valence-electron chi connectivity index (χ3n) is 1.60. The molecule has 1 atom stereocenters. The topological polar surface area (TPSA) is 49.8 Å². The minimum Gasteiger partial charge on any atom is -0.479 e. The molecular weight excluding hydrogens is 202 g/mol. The summed E-state index contributed by atoms with van der Waals surface area (Å²) in [6.07, 6.45) is -0.660. The molecule has 1 N–H and O–H groups in total. The Bertz CT molecular complexity index is 164. The average Bonchev–Trinajstić information content (AvgIpc) is 2.09. The van der Waals surface area contributed by atoms with Gasteiger partial charge in [0.1, 0.15) is 0 Å². The molecule has 14 heavy (non-hydrogen) atoms. The van der Waals surface area contributed by atoms with Gasteiger partial charge in [0, 0.05) is 24.7 Å². The lowest BCUT2D eigenvalue weighted by Crippen LogP contribution is -2.27. The van der Waals surface area contributed by atoms with Crippen molar-refractivity contribution in [2.75, 3.05) is 38.8 Å². The Labute approximate surface area is 89.6 Å². The Hall–Kier alpha value is -0.260. The number of ether oxygens (including phenoxy) is 1. The van der Waals surface area contributed by atoms with Gasteiger partial charge < -0.3 is 14.7 Å². The molecule has 84 valence electrons. The van der Waals surface area contributed by atoms with Crippen LogP contribution in [0.3, 0.4) is 0 Å². The Morgan fingerprint density at radius 3 is 2.64 bits per heavy atom. The van der Waals surface area contributed by atoms with E-state index in [0.717, 1.165) is 12.3 Å². The summed E-state index contributed by atoms with van der Waals surface area (Å²) in [5.41, 5.74) is 0. The number of carboxylic acid groups (broad SMARTS) is 1. The molecule has 0 aliphatic carbocycles. The average molecular weight is 221 g/mol. The van der Waals surface area contributed by atoms with Crippen LogP contribution in [0, 0.1) is 0 Å². The summed E-state index contributed by atoms with van der Waals surface area (Å²) in [4.78, 5) is 12.7. The van der Waals surface area contributed by atoms with Crippen LogP contribution in [0.25, 0.3) is 0 Å². The molecular formula is C9H19NO3S. The molecule has 5 heteroatoms. The van der Waals surface area contributed by atoms with Crippen LogP contribution in [0.2, 0.25) is 0 Å². The van der Waals surface area contributed by atoms with Gasteiger partial charge in [-0.1, -0.05) is 0 Å². The smallest absolute Gasteiger partial charge is 0.333 e. The second-order valence-electron chi connectivity index (χ2n) is 3.16. The number of hydrogen-bond donors (Lipinski definition) is 1. The summed E-state index contributed by atoms with van der Waals surface area (Å²) in [6, 6.07) is 0. The number of thioether (sulfide) groups is 1. The Kier molecular flexibility index (Phi) is 7.93. The summed E-state index contributed by atoms with van der Waals surface area (Å²) in [5, 5.41) is 8.76. The lowest BCUT2D eigenvalue weighted by molar-refractivity contribution is -0.148. The van der Waals surface area contributed by atoms with Crippen molar-refractivity contribution in [1.29, 1.82) is 0 Å². The maximum Gasteiger partial charge on any atom is 0.333 e. The molecule has 0 aliphatic rings. The zero-order chi connectivity index (χ0) is 11.0. The van der Waals surface area contributed by atoms with Crippen LogP contribution < -0.4 is 0 Å². The number of aliphatic carboxylic acids is 1. The van der Waals surface area contributed by atoms with E-state index in [4.69, 9.17) is 9.84 Å². The van der Waals surface area contributed by atoms with Gasteiger partial charge >= 0.3 is 5.97 Å². The quantitative estimate of drug-likeness (QED) is 0.614. The van der Waals surface area contributed by atoms with Gasteiger partial charge in [-0.3, -0.25) is 0 Å². The van der Waals surface area contributed by atoms with Crippen molar-refractivity contribution in [3.63, 3.8) is 0 Å². The highest BCUT2D eigenvalue weighted by Gasteiger charge is 2.16. The third-order valence-corrected chi connectivity index (χ3v) is 2.61. The molecule has 0 rings (SSSR count). The number of carboxylic acids is 1. The molecule has 0 fully saturated rings. The molecule has 0 saturated carbocycles. The largest absolute Gasteiger partial charge is 0.479 e. The van der Waals surface area contributed by atoms with Crippen LogP contribution in [-0.4, -0.2) is 60.8 Å². The first-order valence-corrected chi connectivity index (χ1v) is 5.80. The first kappa shape index (κ1) is 13.7. The summed E-state index contributed by atoms with van der Waals surface area (Å²) in [5.74, 6) is 0.588. The van der Waals surface area contributed by atoms with Crippen LogP contribution in [0.15, 0.2) is 0 Å². The molecule has 0 aliphatic heterocycles. The zero-order valence-corrected chi connectivity index (χ0v) is 9.84. The van der Waals surface area contributed by atoms with Gasteiger partial charge in [-0.15, -0.1) is 0 Å². The fraction of sp³-hybridized carbons (Fsp3) is 0.889. The second-order valence-corrected chi connectivity index (χ2v) is 4.31. The van der Waals surface area contributed by atoms with E-state index in [-0.39, 0.29) is 0 Å². The molecule has 0 aromatic rings. The Balaban J connectivity index is 3.56. The fourth-order valence-corrected chi connectivity index (χ4v) is 1.94. The van der Waals surface area contributed by atoms with Crippen LogP contribution in [0.4, 0.5) is 0 Å². The molecule has 0 radical (unpaired) electrons. The van der Waals surface area contributed by atoms with Gasteiger partial charge in [0.2, 0.25) is 0 Å². The summed E-state index contributed by atoms with van der Waals surface area (Å²) >= 11 is 1.61. The summed E-state index contributed by atoms with van der Waals surface area (Å²) in [6.45, 7) is 3.22. The minimum atomic E-state index is -0.871. The fourth-order valence-electron chi connectivity index (χ4n) is 0.829. The molecule has 0 saturated heterocycles. The number of rotatable bonds is 8. The monoisotopic (exact) mass is 221 g/mol. The van der Waals surface area contributed by atoms with E-state index in [2.05, 4.69) is 4.90 Å². The van der Waals surface area contributed by atoms with E-state index in [1.165, 1.54) is 0 Å². The van der Waals surface area contributed by atoms with Gasteiger partial charge in [0.15, 0.2) is 6.10 Å². The first-order chi connectivity index (χ1) is 6.57. The Morgan fingerprint density at radius 2 is 2.21 bits per heavy atom. The standard InChI is InChI=1S/C9H19NO3S/c1-4-13-8(9(11)12)7-14-6-5-10(2)3/h8H,4-7H2,1-3H3,(H,11,12). The lowest BCUT2D eigenvalue weighted by atomic mass is 10.4. The molecule has 0 heterocycles. The molecule has 4 nitrogen and oxygen atoms in total. The molecule has 0 aromatic heterocycles. The summed E-state index contributed by atoms with van der Waals surface area (Å²) in [7, 11) is 4.00. The minimum absolute atomic E-state index is 0.450. The van der Waals surface area contributed by atoms with Crippen LogP contribution in [0.5, 0.6) is 0 Å². The van der Waals surface area contributed by atoms with Crippen LogP contribution in [0.1, 0.15) is 6.92 Å². The van der Waals surface area contributed by atoms with Gasteiger partial charge in [0.25, 0.3) is 0 Å².